The average molecular weight is 320 g/mol. The van der Waals surface area contributed by atoms with E-state index >= 15 is 0 Å². The number of thioether (sulfide) groups is 1. The smallest absolute Gasteiger partial charge is 0.306 e. The van der Waals surface area contributed by atoms with Crippen LogP contribution in [0.5, 0.6) is 0 Å². The third-order valence-electron chi connectivity index (χ3n) is 3.29. The highest BCUT2D eigenvalue weighted by molar-refractivity contribution is 7.99. The summed E-state index contributed by atoms with van der Waals surface area (Å²) in [5.74, 6) is 0.685. The largest absolute Gasteiger partial charge is 0.469 e. The van der Waals surface area contributed by atoms with Crippen LogP contribution in [0.2, 0.25) is 10.0 Å². The Labute approximate surface area is 126 Å². The number of nitrogen functional groups attached to an aromatic ring is 1. The van der Waals surface area contributed by atoms with E-state index in [1.54, 1.807) is 23.9 Å². The van der Waals surface area contributed by atoms with E-state index in [0.717, 1.165) is 23.5 Å². The fourth-order valence-corrected chi connectivity index (χ4v) is 3.51. The molecule has 0 saturated heterocycles. The molecule has 1 aliphatic rings. The molecule has 2 rings (SSSR count). The SMILES string of the molecule is COC(=O)CC1(CSc2cc(Cl)c(Cl)cc2N)CC1. The summed E-state index contributed by atoms with van der Waals surface area (Å²) in [4.78, 5) is 12.3. The number of ether oxygens (including phenoxy) is 1. The molecular weight excluding hydrogens is 305 g/mol. The van der Waals surface area contributed by atoms with Gasteiger partial charge in [0, 0.05) is 16.3 Å². The van der Waals surface area contributed by atoms with E-state index in [4.69, 9.17) is 33.7 Å². The summed E-state index contributed by atoms with van der Waals surface area (Å²) in [7, 11) is 1.42. The molecule has 104 valence electrons. The van der Waals surface area contributed by atoms with Crippen molar-refractivity contribution in [3.8, 4) is 0 Å². The Hall–Kier alpha value is -0.580. The zero-order chi connectivity index (χ0) is 14.0. The molecule has 0 amide bonds. The van der Waals surface area contributed by atoms with E-state index in [0.29, 0.717) is 22.2 Å². The van der Waals surface area contributed by atoms with E-state index in [9.17, 15) is 4.79 Å². The van der Waals surface area contributed by atoms with Crippen molar-refractivity contribution in [2.45, 2.75) is 24.2 Å². The second kappa shape index (κ2) is 5.81. The lowest BCUT2D eigenvalue weighted by molar-refractivity contribution is -0.141. The summed E-state index contributed by atoms with van der Waals surface area (Å²) in [6, 6.07) is 3.43. The van der Waals surface area contributed by atoms with Crippen LogP contribution in [0.15, 0.2) is 17.0 Å². The fourth-order valence-electron chi connectivity index (χ4n) is 1.83. The van der Waals surface area contributed by atoms with Gasteiger partial charge in [-0.25, -0.2) is 0 Å². The minimum Gasteiger partial charge on any atom is -0.469 e. The van der Waals surface area contributed by atoms with Gasteiger partial charge in [0.1, 0.15) is 0 Å². The standard InChI is InChI=1S/C13H15Cl2NO2S/c1-18-12(17)6-13(2-3-13)7-19-11-5-9(15)8(14)4-10(11)16/h4-5H,2-3,6-7,16H2,1H3. The summed E-state index contributed by atoms with van der Waals surface area (Å²) >= 11 is 13.5. The second-order valence-electron chi connectivity index (χ2n) is 4.85. The summed E-state index contributed by atoms with van der Waals surface area (Å²) in [6.45, 7) is 0. The molecule has 0 atom stereocenters. The van der Waals surface area contributed by atoms with Gasteiger partial charge in [-0.3, -0.25) is 4.79 Å². The summed E-state index contributed by atoms with van der Waals surface area (Å²) in [5.41, 5.74) is 6.60. The van der Waals surface area contributed by atoms with Crippen LogP contribution in [0.1, 0.15) is 19.3 Å². The number of methoxy groups -OCH3 is 1. The van der Waals surface area contributed by atoms with E-state index in [1.807, 2.05) is 0 Å². The van der Waals surface area contributed by atoms with Crippen LogP contribution >= 0.6 is 35.0 Å². The van der Waals surface area contributed by atoms with Crippen molar-refractivity contribution >= 4 is 46.6 Å². The lowest BCUT2D eigenvalue weighted by Gasteiger charge is -2.14. The predicted octanol–water partition coefficient (Wildman–Crippen LogP) is 4.01. The van der Waals surface area contributed by atoms with Crippen LogP contribution in [0.4, 0.5) is 5.69 Å². The van der Waals surface area contributed by atoms with Crippen LogP contribution in [0.3, 0.4) is 0 Å². The Morgan fingerprint density at radius 2 is 2.05 bits per heavy atom. The Balaban J connectivity index is 1.99. The van der Waals surface area contributed by atoms with Crippen molar-refractivity contribution in [1.29, 1.82) is 0 Å². The fraction of sp³-hybridized carbons (Fsp3) is 0.462. The molecule has 0 heterocycles. The minimum absolute atomic E-state index is 0.0658. The van der Waals surface area contributed by atoms with Gasteiger partial charge in [-0.15, -0.1) is 11.8 Å². The highest BCUT2D eigenvalue weighted by Gasteiger charge is 2.44. The number of hydrogen-bond donors (Lipinski definition) is 1. The first-order valence-electron chi connectivity index (χ1n) is 5.90. The number of benzene rings is 1. The molecule has 0 bridgehead atoms. The maximum Gasteiger partial charge on any atom is 0.306 e. The number of carbonyl (C=O) groups excluding carboxylic acids is 1. The molecule has 3 nitrogen and oxygen atoms in total. The lowest BCUT2D eigenvalue weighted by Crippen LogP contribution is -2.13. The second-order valence-corrected chi connectivity index (χ2v) is 6.68. The van der Waals surface area contributed by atoms with Crippen LogP contribution < -0.4 is 5.73 Å². The first-order valence-corrected chi connectivity index (χ1v) is 7.64. The molecule has 1 aliphatic carbocycles. The van der Waals surface area contributed by atoms with Gasteiger partial charge in [0.15, 0.2) is 0 Å². The van der Waals surface area contributed by atoms with E-state index < -0.39 is 0 Å². The first kappa shape index (κ1) is 14.8. The third-order valence-corrected chi connectivity index (χ3v) is 5.43. The number of esters is 1. The van der Waals surface area contributed by atoms with Crippen LogP contribution in [-0.4, -0.2) is 18.8 Å². The van der Waals surface area contributed by atoms with Crippen molar-refractivity contribution < 1.29 is 9.53 Å². The number of nitrogens with two attached hydrogens (primary N) is 1. The highest BCUT2D eigenvalue weighted by atomic mass is 35.5. The maximum absolute atomic E-state index is 11.3. The molecule has 0 radical (unpaired) electrons. The van der Waals surface area contributed by atoms with E-state index in [2.05, 4.69) is 0 Å². The summed E-state index contributed by atoms with van der Waals surface area (Å²) in [6.07, 6.45) is 2.57. The molecule has 0 aliphatic heterocycles. The zero-order valence-electron chi connectivity index (χ0n) is 10.5. The number of halogens is 2. The number of hydrogen-bond acceptors (Lipinski definition) is 4. The van der Waals surface area contributed by atoms with Crippen LogP contribution in [-0.2, 0) is 9.53 Å². The quantitative estimate of drug-likeness (QED) is 0.506. The summed E-state index contributed by atoms with van der Waals surface area (Å²) in [5, 5.41) is 0.954. The zero-order valence-corrected chi connectivity index (χ0v) is 12.9. The van der Waals surface area contributed by atoms with Crippen molar-refractivity contribution in [3.05, 3.63) is 22.2 Å². The Bertz CT molecular complexity index is 504. The number of anilines is 1. The molecule has 1 aromatic rings. The molecule has 0 spiro atoms. The predicted molar refractivity (Wildman–Crippen MR) is 79.9 cm³/mol. The van der Waals surface area contributed by atoms with Gasteiger partial charge in [-0.2, -0.15) is 0 Å². The van der Waals surface area contributed by atoms with Crippen molar-refractivity contribution in [2.75, 3.05) is 18.6 Å². The molecule has 1 saturated carbocycles. The average Bonchev–Trinajstić information content (AvgIpc) is 3.12. The molecular formula is C13H15Cl2NO2S. The Morgan fingerprint density at radius 1 is 1.42 bits per heavy atom. The van der Waals surface area contributed by atoms with Gasteiger partial charge >= 0.3 is 5.97 Å². The van der Waals surface area contributed by atoms with Gasteiger partial charge in [0.05, 0.1) is 23.6 Å². The minimum atomic E-state index is -0.153. The molecule has 19 heavy (non-hydrogen) atoms. The van der Waals surface area contributed by atoms with Gasteiger partial charge < -0.3 is 10.5 Å². The Morgan fingerprint density at radius 3 is 2.63 bits per heavy atom. The van der Waals surface area contributed by atoms with E-state index in [1.165, 1.54) is 7.11 Å². The third kappa shape index (κ3) is 3.71. The van der Waals surface area contributed by atoms with Gasteiger partial charge in [0.25, 0.3) is 0 Å². The van der Waals surface area contributed by atoms with Crippen molar-refractivity contribution in [2.24, 2.45) is 5.41 Å². The molecule has 2 N–H and O–H groups in total. The molecule has 0 unspecified atom stereocenters. The highest BCUT2D eigenvalue weighted by Crippen LogP contribution is 2.52. The van der Waals surface area contributed by atoms with E-state index in [-0.39, 0.29) is 11.4 Å². The van der Waals surface area contributed by atoms with Gasteiger partial charge in [-0.05, 0) is 30.4 Å². The molecule has 1 fully saturated rings. The van der Waals surface area contributed by atoms with Gasteiger partial charge in [0.2, 0.25) is 0 Å². The molecule has 1 aromatic carbocycles. The topological polar surface area (TPSA) is 52.3 Å². The summed E-state index contributed by atoms with van der Waals surface area (Å²) < 4.78 is 4.73. The normalized spacial score (nSPS) is 16.2. The Kier molecular flexibility index (Phi) is 4.54. The maximum atomic E-state index is 11.3. The first-order chi connectivity index (χ1) is 8.96. The van der Waals surface area contributed by atoms with Crippen LogP contribution in [0, 0.1) is 5.41 Å². The monoisotopic (exact) mass is 319 g/mol. The molecule has 6 heteroatoms. The van der Waals surface area contributed by atoms with Crippen molar-refractivity contribution in [3.63, 3.8) is 0 Å². The molecule has 0 aromatic heterocycles. The van der Waals surface area contributed by atoms with Crippen LogP contribution in [0.25, 0.3) is 0 Å². The lowest BCUT2D eigenvalue weighted by atomic mass is 10.1. The van der Waals surface area contributed by atoms with Gasteiger partial charge in [-0.1, -0.05) is 23.2 Å². The van der Waals surface area contributed by atoms with Crippen molar-refractivity contribution in [1.82, 2.24) is 0 Å². The number of rotatable bonds is 5. The number of carbonyl (C=O) groups is 1.